The summed E-state index contributed by atoms with van der Waals surface area (Å²) < 4.78 is 0. The smallest absolute Gasteiger partial charge is 0.313 e. The molecule has 1 aliphatic carbocycles. The van der Waals surface area contributed by atoms with E-state index in [9.17, 15) is 9.59 Å². The summed E-state index contributed by atoms with van der Waals surface area (Å²) in [6.45, 7) is 0.393. The minimum absolute atomic E-state index is 0.0458. The first-order valence-electron chi connectivity index (χ1n) is 6.43. The highest BCUT2D eigenvalue weighted by atomic mass is 32.2. The first-order chi connectivity index (χ1) is 9.60. The number of carbonyl (C=O) groups is 2. The number of para-hydroxylation sites is 1. The fourth-order valence-corrected chi connectivity index (χ4v) is 2.40. The molecule has 5 nitrogen and oxygen atoms in total. The molecule has 1 aliphatic rings. The van der Waals surface area contributed by atoms with Gasteiger partial charge in [0, 0.05) is 16.9 Å². The quantitative estimate of drug-likeness (QED) is 0.564. The molecule has 0 spiro atoms. The summed E-state index contributed by atoms with van der Waals surface area (Å²) in [5.41, 5.74) is 0.427. The second kappa shape index (κ2) is 6.28. The van der Waals surface area contributed by atoms with Gasteiger partial charge in [-0.15, -0.1) is 11.8 Å². The lowest BCUT2D eigenvalue weighted by molar-refractivity contribution is -0.136. The van der Waals surface area contributed by atoms with E-state index in [1.165, 1.54) is 11.8 Å². The van der Waals surface area contributed by atoms with Gasteiger partial charge in [0.1, 0.15) is 0 Å². The van der Waals surface area contributed by atoms with E-state index in [-0.39, 0.29) is 12.0 Å². The van der Waals surface area contributed by atoms with E-state index in [1.54, 1.807) is 12.1 Å². The van der Waals surface area contributed by atoms with E-state index >= 15 is 0 Å². The number of aliphatic hydroxyl groups is 1. The molecular formula is C14H18N2O3S. The van der Waals surface area contributed by atoms with Crippen molar-refractivity contribution >= 4 is 29.3 Å². The highest BCUT2D eigenvalue weighted by Crippen LogP contribution is 2.44. The van der Waals surface area contributed by atoms with Crippen LogP contribution in [0, 0.1) is 5.41 Å². The lowest BCUT2D eigenvalue weighted by atomic mass is 10.1. The van der Waals surface area contributed by atoms with Gasteiger partial charge in [0.15, 0.2) is 0 Å². The van der Waals surface area contributed by atoms with Crippen LogP contribution in [0.4, 0.5) is 5.69 Å². The number of nitrogens with one attached hydrogen (secondary N) is 2. The summed E-state index contributed by atoms with van der Waals surface area (Å²) in [6.07, 6.45) is 3.69. The average Bonchev–Trinajstić information content (AvgIpc) is 3.26. The summed E-state index contributed by atoms with van der Waals surface area (Å²) in [6, 6.07) is 7.31. The van der Waals surface area contributed by atoms with E-state index in [4.69, 9.17) is 5.11 Å². The van der Waals surface area contributed by atoms with Crippen molar-refractivity contribution in [2.45, 2.75) is 17.7 Å². The molecule has 1 fully saturated rings. The predicted molar refractivity (Wildman–Crippen MR) is 78.6 cm³/mol. The van der Waals surface area contributed by atoms with Gasteiger partial charge in [-0.25, -0.2) is 0 Å². The van der Waals surface area contributed by atoms with Crippen molar-refractivity contribution in [3.8, 4) is 0 Å². The van der Waals surface area contributed by atoms with Crippen LogP contribution in [-0.4, -0.2) is 36.3 Å². The van der Waals surface area contributed by atoms with Gasteiger partial charge in [-0.3, -0.25) is 9.59 Å². The lowest BCUT2D eigenvalue weighted by Gasteiger charge is -2.13. The number of benzene rings is 1. The lowest BCUT2D eigenvalue weighted by Crippen LogP contribution is -2.39. The van der Waals surface area contributed by atoms with Crippen LogP contribution in [-0.2, 0) is 9.59 Å². The number of hydrogen-bond acceptors (Lipinski definition) is 4. The molecular weight excluding hydrogens is 276 g/mol. The molecule has 0 atom stereocenters. The van der Waals surface area contributed by atoms with Crippen LogP contribution in [0.1, 0.15) is 12.8 Å². The van der Waals surface area contributed by atoms with Crippen LogP contribution < -0.4 is 10.6 Å². The monoisotopic (exact) mass is 294 g/mol. The number of anilines is 1. The summed E-state index contributed by atoms with van der Waals surface area (Å²) in [5, 5.41) is 14.3. The van der Waals surface area contributed by atoms with Gasteiger partial charge in [0.2, 0.25) is 0 Å². The van der Waals surface area contributed by atoms with Crippen LogP contribution >= 0.6 is 11.8 Å². The topological polar surface area (TPSA) is 78.4 Å². The molecule has 0 radical (unpaired) electrons. The highest BCUT2D eigenvalue weighted by molar-refractivity contribution is 7.98. The van der Waals surface area contributed by atoms with Crippen LogP contribution in [0.3, 0.4) is 0 Å². The van der Waals surface area contributed by atoms with Gasteiger partial charge in [-0.2, -0.15) is 0 Å². The molecule has 1 aromatic carbocycles. The molecule has 1 saturated carbocycles. The Kier molecular flexibility index (Phi) is 4.67. The third kappa shape index (κ3) is 3.52. The Labute approximate surface area is 122 Å². The van der Waals surface area contributed by atoms with Crippen LogP contribution in [0.15, 0.2) is 29.2 Å². The Balaban J connectivity index is 1.89. The van der Waals surface area contributed by atoms with Gasteiger partial charge < -0.3 is 15.7 Å². The minimum Gasteiger partial charge on any atom is -0.396 e. The predicted octanol–water partition coefficient (Wildman–Crippen LogP) is 1.24. The van der Waals surface area contributed by atoms with Crippen molar-refractivity contribution in [1.82, 2.24) is 5.32 Å². The van der Waals surface area contributed by atoms with Gasteiger partial charge in [-0.1, -0.05) is 12.1 Å². The highest BCUT2D eigenvalue weighted by Gasteiger charge is 2.42. The second-order valence-corrected chi connectivity index (χ2v) is 5.84. The van der Waals surface area contributed by atoms with E-state index in [0.717, 1.165) is 17.7 Å². The number of thioether (sulfide) groups is 1. The Bertz CT molecular complexity index is 515. The number of carbonyl (C=O) groups excluding carboxylic acids is 2. The molecule has 0 unspecified atom stereocenters. The molecule has 3 N–H and O–H groups in total. The number of hydrogen-bond donors (Lipinski definition) is 3. The fourth-order valence-electron chi connectivity index (χ4n) is 1.84. The standard InChI is InChI=1S/C14H18N2O3S/c1-20-11-5-3-2-4-10(11)16-13(19)12(18)15-8-14(9-17)6-7-14/h2-5,17H,6-9H2,1H3,(H,15,18)(H,16,19). The zero-order chi connectivity index (χ0) is 14.6. The maximum Gasteiger partial charge on any atom is 0.313 e. The summed E-state index contributed by atoms with van der Waals surface area (Å²) in [5.74, 6) is -1.35. The molecule has 0 aliphatic heterocycles. The fraction of sp³-hybridized carbons (Fsp3) is 0.429. The molecule has 20 heavy (non-hydrogen) atoms. The Morgan fingerprint density at radius 2 is 2.00 bits per heavy atom. The van der Waals surface area contributed by atoms with E-state index in [0.29, 0.717) is 12.2 Å². The van der Waals surface area contributed by atoms with Crippen molar-refractivity contribution in [2.75, 3.05) is 24.7 Å². The van der Waals surface area contributed by atoms with Gasteiger partial charge in [0.05, 0.1) is 12.3 Å². The first kappa shape index (κ1) is 14.9. The van der Waals surface area contributed by atoms with E-state index in [1.807, 2.05) is 18.4 Å². The molecule has 108 valence electrons. The maximum absolute atomic E-state index is 11.8. The third-order valence-corrected chi connectivity index (χ3v) is 4.27. The Morgan fingerprint density at radius 3 is 2.60 bits per heavy atom. The summed E-state index contributed by atoms with van der Waals surface area (Å²) in [7, 11) is 0. The van der Waals surface area contributed by atoms with Crippen molar-refractivity contribution in [2.24, 2.45) is 5.41 Å². The molecule has 0 saturated heterocycles. The molecule has 0 aromatic heterocycles. The largest absolute Gasteiger partial charge is 0.396 e. The van der Waals surface area contributed by atoms with Crippen molar-refractivity contribution < 1.29 is 14.7 Å². The molecule has 6 heteroatoms. The number of aliphatic hydroxyl groups excluding tert-OH is 1. The van der Waals surface area contributed by atoms with Gasteiger partial charge in [-0.05, 0) is 31.2 Å². The second-order valence-electron chi connectivity index (χ2n) is 5.00. The van der Waals surface area contributed by atoms with Crippen LogP contribution in [0.2, 0.25) is 0 Å². The zero-order valence-electron chi connectivity index (χ0n) is 11.3. The molecule has 2 amide bonds. The van der Waals surface area contributed by atoms with Gasteiger partial charge >= 0.3 is 11.8 Å². The first-order valence-corrected chi connectivity index (χ1v) is 7.66. The summed E-state index contributed by atoms with van der Waals surface area (Å²) in [4.78, 5) is 24.4. The molecule has 0 bridgehead atoms. The molecule has 0 heterocycles. The average molecular weight is 294 g/mol. The van der Waals surface area contributed by atoms with Crippen molar-refractivity contribution in [3.63, 3.8) is 0 Å². The van der Waals surface area contributed by atoms with Crippen molar-refractivity contribution in [3.05, 3.63) is 24.3 Å². The van der Waals surface area contributed by atoms with E-state index < -0.39 is 11.8 Å². The number of rotatable bonds is 5. The normalized spacial score (nSPS) is 15.5. The zero-order valence-corrected chi connectivity index (χ0v) is 12.1. The molecule has 2 rings (SSSR count). The third-order valence-electron chi connectivity index (χ3n) is 3.48. The Morgan fingerprint density at radius 1 is 1.30 bits per heavy atom. The van der Waals surface area contributed by atoms with Gasteiger partial charge in [0.25, 0.3) is 0 Å². The van der Waals surface area contributed by atoms with Crippen molar-refractivity contribution in [1.29, 1.82) is 0 Å². The van der Waals surface area contributed by atoms with E-state index in [2.05, 4.69) is 10.6 Å². The van der Waals surface area contributed by atoms with Crippen LogP contribution in [0.25, 0.3) is 0 Å². The SMILES string of the molecule is CSc1ccccc1NC(=O)C(=O)NCC1(CO)CC1. The maximum atomic E-state index is 11.8. The Hall–Kier alpha value is -1.53. The van der Waals surface area contributed by atoms with Crippen LogP contribution in [0.5, 0.6) is 0 Å². The summed E-state index contributed by atoms with van der Waals surface area (Å²) >= 11 is 1.50. The number of amides is 2. The molecule has 1 aromatic rings. The minimum atomic E-state index is -0.680.